The normalized spacial score (nSPS) is 25.4. The number of hydrogen-bond donors (Lipinski definition) is 1. The van der Waals surface area contributed by atoms with E-state index in [0.717, 1.165) is 36.6 Å². The van der Waals surface area contributed by atoms with E-state index in [1.165, 1.54) is 45.2 Å². The van der Waals surface area contributed by atoms with Crippen LogP contribution in [-0.4, -0.2) is 24.0 Å². The van der Waals surface area contributed by atoms with Crippen molar-refractivity contribution in [2.75, 3.05) is 13.1 Å². The second-order valence-electron chi connectivity index (χ2n) is 6.34. The van der Waals surface area contributed by atoms with Crippen molar-refractivity contribution in [1.82, 2.24) is 10.2 Å². The van der Waals surface area contributed by atoms with Crippen molar-refractivity contribution < 1.29 is 4.42 Å². The van der Waals surface area contributed by atoms with Gasteiger partial charge in [0, 0.05) is 6.04 Å². The maximum Gasteiger partial charge on any atom is 0.118 e. The molecule has 1 aromatic rings. The fourth-order valence-electron chi connectivity index (χ4n) is 2.84. The first-order chi connectivity index (χ1) is 9.29. The lowest BCUT2D eigenvalue weighted by atomic mass is 10.0. The Hall–Kier alpha value is -0.800. The van der Waals surface area contributed by atoms with Gasteiger partial charge < -0.3 is 9.73 Å². The largest absolute Gasteiger partial charge is 0.463 e. The molecule has 106 valence electrons. The smallest absolute Gasteiger partial charge is 0.118 e. The minimum Gasteiger partial charge on any atom is -0.463 e. The predicted molar refractivity (Wildman–Crippen MR) is 76.9 cm³/mol. The molecule has 2 fully saturated rings. The third-order valence-corrected chi connectivity index (χ3v) is 4.35. The zero-order chi connectivity index (χ0) is 13.1. The highest BCUT2D eigenvalue weighted by Gasteiger charge is 2.20. The zero-order valence-corrected chi connectivity index (χ0v) is 12.0. The van der Waals surface area contributed by atoms with Crippen molar-refractivity contribution in [3.63, 3.8) is 0 Å². The van der Waals surface area contributed by atoms with Gasteiger partial charge in [-0.3, -0.25) is 4.90 Å². The first kappa shape index (κ1) is 13.2. The first-order valence-corrected chi connectivity index (χ1v) is 7.83. The molecule has 1 aliphatic carbocycles. The summed E-state index contributed by atoms with van der Waals surface area (Å²) in [5.41, 5.74) is 0. The second-order valence-corrected chi connectivity index (χ2v) is 6.34. The molecule has 1 saturated carbocycles. The van der Waals surface area contributed by atoms with Crippen molar-refractivity contribution in [1.29, 1.82) is 0 Å². The van der Waals surface area contributed by atoms with E-state index in [0.29, 0.717) is 0 Å². The molecule has 1 unspecified atom stereocenters. The molecule has 19 heavy (non-hydrogen) atoms. The molecule has 1 N–H and O–H groups in total. The topological polar surface area (TPSA) is 28.4 Å². The van der Waals surface area contributed by atoms with Crippen molar-refractivity contribution in [3.05, 3.63) is 23.7 Å². The van der Waals surface area contributed by atoms with Gasteiger partial charge in [-0.15, -0.1) is 0 Å². The SMILES string of the molecule is CC1CCCN(Cc2ccc(CNC3CC3)o2)CC1. The summed E-state index contributed by atoms with van der Waals surface area (Å²) >= 11 is 0. The molecule has 2 aliphatic rings. The van der Waals surface area contributed by atoms with Crippen molar-refractivity contribution in [2.24, 2.45) is 5.92 Å². The number of nitrogens with zero attached hydrogens (tertiary/aromatic N) is 1. The maximum absolute atomic E-state index is 5.93. The highest BCUT2D eigenvalue weighted by Crippen LogP contribution is 2.21. The van der Waals surface area contributed by atoms with Gasteiger partial charge in [0.25, 0.3) is 0 Å². The summed E-state index contributed by atoms with van der Waals surface area (Å²) in [5, 5.41) is 3.50. The molecule has 0 radical (unpaired) electrons. The summed E-state index contributed by atoms with van der Waals surface area (Å²) in [5.74, 6) is 3.10. The number of hydrogen-bond acceptors (Lipinski definition) is 3. The summed E-state index contributed by atoms with van der Waals surface area (Å²) in [4.78, 5) is 2.54. The van der Waals surface area contributed by atoms with Crippen molar-refractivity contribution in [3.8, 4) is 0 Å². The van der Waals surface area contributed by atoms with E-state index in [4.69, 9.17) is 4.42 Å². The van der Waals surface area contributed by atoms with Gasteiger partial charge in [-0.2, -0.15) is 0 Å². The molecular weight excluding hydrogens is 236 g/mol. The number of likely N-dealkylation sites (tertiary alicyclic amines) is 1. The molecule has 3 heteroatoms. The van der Waals surface area contributed by atoms with E-state index in [9.17, 15) is 0 Å². The Morgan fingerprint density at radius 1 is 1.16 bits per heavy atom. The van der Waals surface area contributed by atoms with Crippen LogP contribution < -0.4 is 5.32 Å². The van der Waals surface area contributed by atoms with Gasteiger partial charge in [0.1, 0.15) is 11.5 Å². The monoisotopic (exact) mass is 262 g/mol. The van der Waals surface area contributed by atoms with E-state index >= 15 is 0 Å². The summed E-state index contributed by atoms with van der Waals surface area (Å²) in [7, 11) is 0. The fraction of sp³-hybridized carbons (Fsp3) is 0.750. The van der Waals surface area contributed by atoms with Crippen molar-refractivity contribution in [2.45, 2.75) is 58.2 Å². The molecule has 2 heterocycles. The highest BCUT2D eigenvalue weighted by molar-refractivity contribution is 5.07. The molecule has 0 bridgehead atoms. The van der Waals surface area contributed by atoms with E-state index < -0.39 is 0 Å². The van der Waals surface area contributed by atoms with Gasteiger partial charge in [-0.1, -0.05) is 6.92 Å². The Labute approximate surface area is 116 Å². The Bertz CT molecular complexity index is 397. The number of rotatable bonds is 5. The van der Waals surface area contributed by atoms with Crippen LogP contribution in [-0.2, 0) is 13.1 Å². The van der Waals surface area contributed by atoms with Crippen LogP contribution >= 0.6 is 0 Å². The summed E-state index contributed by atoms with van der Waals surface area (Å²) in [6.07, 6.45) is 6.71. The van der Waals surface area contributed by atoms with Crippen LogP contribution in [0.1, 0.15) is 50.5 Å². The van der Waals surface area contributed by atoms with Crippen LogP contribution in [0.25, 0.3) is 0 Å². The van der Waals surface area contributed by atoms with E-state index in [2.05, 4.69) is 29.3 Å². The molecule has 0 spiro atoms. The Balaban J connectivity index is 1.48. The predicted octanol–water partition coefficient (Wildman–Crippen LogP) is 3.15. The standard InChI is InChI=1S/C16H26N2O/c1-13-3-2-9-18(10-8-13)12-16-7-6-15(19-16)11-17-14-4-5-14/h6-7,13-14,17H,2-5,8-12H2,1H3. The minimum absolute atomic E-state index is 0.751. The number of furan rings is 1. The van der Waals surface area contributed by atoms with Crippen LogP contribution in [0.15, 0.2) is 16.5 Å². The first-order valence-electron chi connectivity index (χ1n) is 7.83. The van der Waals surface area contributed by atoms with Gasteiger partial charge in [0.2, 0.25) is 0 Å². The van der Waals surface area contributed by atoms with E-state index in [1.54, 1.807) is 0 Å². The lowest BCUT2D eigenvalue weighted by Crippen LogP contribution is -2.24. The molecule has 0 amide bonds. The molecule has 1 atom stereocenters. The lowest BCUT2D eigenvalue weighted by molar-refractivity contribution is 0.247. The average Bonchev–Trinajstić information content (AvgIpc) is 3.16. The Morgan fingerprint density at radius 2 is 2.00 bits per heavy atom. The molecule has 1 aromatic heterocycles. The van der Waals surface area contributed by atoms with Gasteiger partial charge in [0.15, 0.2) is 0 Å². The summed E-state index contributed by atoms with van der Waals surface area (Å²) < 4.78 is 5.93. The minimum atomic E-state index is 0.751. The third-order valence-electron chi connectivity index (χ3n) is 4.35. The Morgan fingerprint density at radius 3 is 2.84 bits per heavy atom. The van der Waals surface area contributed by atoms with Crippen molar-refractivity contribution >= 4 is 0 Å². The summed E-state index contributed by atoms with van der Waals surface area (Å²) in [6.45, 7) is 6.69. The highest BCUT2D eigenvalue weighted by atomic mass is 16.3. The van der Waals surface area contributed by atoms with E-state index in [1.807, 2.05) is 0 Å². The Kier molecular flexibility index (Phi) is 4.24. The molecule has 1 saturated heterocycles. The zero-order valence-electron chi connectivity index (χ0n) is 12.0. The molecule has 1 aliphatic heterocycles. The molecular formula is C16H26N2O. The summed E-state index contributed by atoms with van der Waals surface area (Å²) in [6, 6.07) is 5.03. The van der Waals surface area contributed by atoms with E-state index in [-0.39, 0.29) is 0 Å². The number of nitrogens with one attached hydrogen (secondary N) is 1. The van der Waals surface area contributed by atoms with Gasteiger partial charge in [-0.05, 0) is 63.2 Å². The maximum atomic E-state index is 5.93. The van der Waals surface area contributed by atoms with Crippen LogP contribution in [0.3, 0.4) is 0 Å². The molecule has 3 nitrogen and oxygen atoms in total. The second kappa shape index (κ2) is 6.10. The van der Waals surface area contributed by atoms with Crippen LogP contribution in [0.2, 0.25) is 0 Å². The quantitative estimate of drug-likeness (QED) is 0.883. The van der Waals surface area contributed by atoms with Gasteiger partial charge in [0.05, 0.1) is 13.1 Å². The van der Waals surface area contributed by atoms with Crippen LogP contribution in [0.4, 0.5) is 0 Å². The van der Waals surface area contributed by atoms with Gasteiger partial charge >= 0.3 is 0 Å². The van der Waals surface area contributed by atoms with Crippen LogP contribution in [0, 0.1) is 5.92 Å². The lowest BCUT2D eigenvalue weighted by Gasteiger charge is -2.18. The molecule has 0 aromatic carbocycles. The fourth-order valence-corrected chi connectivity index (χ4v) is 2.84. The molecule has 3 rings (SSSR count). The van der Waals surface area contributed by atoms with Crippen LogP contribution in [0.5, 0.6) is 0 Å². The third kappa shape index (κ3) is 4.08. The average molecular weight is 262 g/mol. The van der Waals surface area contributed by atoms with Gasteiger partial charge in [-0.25, -0.2) is 0 Å².